The number of benzene rings is 2. The Hall–Kier alpha value is -2.49. The monoisotopic (exact) mass is 395 g/mol. The van der Waals surface area contributed by atoms with Gasteiger partial charge in [-0.3, -0.25) is 4.79 Å². The van der Waals surface area contributed by atoms with Crippen LogP contribution >= 0.6 is 0 Å². The van der Waals surface area contributed by atoms with E-state index >= 15 is 0 Å². The van der Waals surface area contributed by atoms with E-state index in [2.05, 4.69) is 38.1 Å². The average Bonchev–Trinajstić information content (AvgIpc) is 2.75. The molecule has 2 aromatic carbocycles. The van der Waals surface area contributed by atoms with E-state index in [1.807, 2.05) is 23.1 Å². The van der Waals surface area contributed by atoms with Crippen LogP contribution in [0.25, 0.3) is 0 Å². The van der Waals surface area contributed by atoms with Gasteiger partial charge in [0.15, 0.2) is 0 Å². The van der Waals surface area contributed by atoms with Gasteiger partial charge in [-0.05, 0) is 30.0 Å². The summed E-state index contributed by atoms with van der Waals surface area (Å²) in [5.41, 5.74) is 3.41. The molecule has 1 aliphatic rings. The van der Waals surface area contributed by atoms with Crippen molar-refractivity contribution in [3.05, 3.63) is 59.2 Å². The smallest absolute Gasteiger partial charge is 0.227 e. The lowest BCUT2D eigenvalue weighted by Crippen LogP contribution is -2.33. The highest BCUT2D eigenvalue weighted by Crippen LogP contribution is 2.27. The zero-order valence-electron chi connectivity index (χ0n) is 17.8. The second-order valence-corrected chi connectivity index (χ2v) is 7.68. The van der Waals surface area contributed by atoms with Crippen LogP contribution in [0.3, 0.4) is 0 Å². The molecular formula is C25H33NO3. The number of ether oxygens (including phenoxy) is 2. The van der Waals surface area contributed by atoms with Crippen LogP contribution in [-0.4, -0.2) is 30.6 Å². The molecular weight excluding hydrogens is 362 g/mol. The van der Waals surface area contributed by atoms with E-state index in [0.717, 1.165) is 55.7 Å². The van der Waals surface area contributed by atoms with Crippen molar-refractivity contribution in [3.63, 3.8) is 0 Å². The lowest BCUT2D eigenvalue weighted by Gasteiger charge is -2.24. The molecule has 0 unspecified atom stereocenters. The summed E-state index contributed by atoms with van der Waals surface area (Å²) < 4.78 is 11.9. The van der Waals surface area contributed by atoms with Gasteiger partial charge in [-0.25, -0.2) is 0 Å². The van der Waals surface area contributed by atoms with E-state index in [9.17, 15) is 4.79 Å². The van der Waals surface area contributed by atoms with Gasteiger partial charge in [0.2, 0.25) is 5.91 Å². The predicted octanol–water partition coefficient (Wildman–Crippen LogP) is 5.17. The first-order valence-electron chi connectivity index (χ1n) is 10.9. The molecule has 0 fully saturated rings. The number of rotatable bonds is 7. The molecule has 1 aliphatic heterocycles. The fourth-order valence-corrected chi connectivity index (χ4v) is 3.68. The number of unbranched alkanes of at least 4 members (excludes halogenated alkanes) is 2. The molecule has 0 saturated heterocycles. The summed E-state index contributed by atoms with van der Waals surface area (Å²) in [6.45, 7) is 7.02. The van der Waals surface area contributed by atoms with Crippen molar-refractivity contribution in [2.45, 2.75) is 58.9 Å². The molecule has 0 spiro atoms. The van der Waals surface area contributed by atoms with Crippen molar-refractivity contribution in [2.75, 3.05) is 19.8 Å². The number of amides is 1. The fourth-order valence-electron chi connectivity index (χ4n) is 3.68. The SMILES string of the molecule is CCCCCN1Cc2ccccc2CCOc2cc(OCCC)ccc2CC1=O. The third-order valence-electron chi connectivity index (χ3n) is 5.35. The molecule has 0 atom stereocenters. The van der Waals surface area contributed by atoms with Crippen LogP contribution in [0, 0.1) is 0 Å². The first kappa shape index (κ1) is 21.2. The Morgan fingerprint density at radius 2 is 1.83 bits per heavy atom. The molecule has 3 rings (SSSR count). The molecule has 0 saturated carbocycles. The number of carbonyl (C=O) groups is 1. The Kier molecular flexibility index (Phi) is 7.97. The highest BCUT2D eigenvalue weighted by molar-refractivity contribution is 5.79. The van der Waals surface area contributed by atoms with E-state index in [0.29, 0.717) is 26.2 Å². The van der Waals surface area contributed by atoms with Crippen LogP contribution in [-0.2, 0) is 24.2 Å². The van der Waals surface area contributed by atoms with Crippen molar-refractivity contribution in [1.82, 2.24) is 4.90 Å². The van der Waals surface area contributed by atoms with Crippen LogP contribution in [0.15, 0.2) is 42.5 Å². The van der Waals surface area contributed by atoms with Crippen LogP contribution in [0.2, 0.25) is 0 Å². The summed E-state index contributed by atoms with van der Waals surface area (Å²) in [6.07, 6.45) is 5.47. The molecule has 0 N–H and O–H groups in total. The minimum absolute atomic E-state index is 0.157. The van der Waals surface area contributed by atoms with Gasteiger partial charge in [-0.15, -0.1) is 0 Å². The molecule has 156 valence electrons. The lowest BCUT2D eigenvalue weighted by molar-refractivity contribution is -0.131. The van der Waals surface area contributed by atoms with E-state index < -0.39 is 0 Å². The van der Waals surface area contributed by atoms with E-state index in [1.165, 1.54) is 11.1 Å². The maximum absolute atomic E-state index is 13.2. The van der Waals surface area contributed by atoms with Crippen LogP contribution < -0.4 is 9.47 Å². The number of hydrogen-bond donors (Lipinski definition) is 0. The van der Waals surface area contributed by atoms with Crippen molar-refractivity contribution < 1.29 is 14.3 Å². The molecule has 4 nitrogen and oxygen atoms in total. The Bertz CT molecular complexity index is 802. The fraction of sp³-hybridized carbons (Fsp3) is 0.480. The van der Waals surface area contributed by atoms with Gasteiger partial charge in [0.05, 0.1) is 19.6 Å². The molecule has 4 heteroatoms. The standard InChI is InChI=1S/C25H33NO3/c1-3-5-8-14-26-19-22-10-7-6-9-20(22)13-16-29-24-18-23(28-15-4-2)12-11-21(24)17-25(26)27/h6-7,9-12,18H,3-5,8,13-17,19H2,1-2H3. The summed E-state index contributed by atoms with van der Waals surface area (Å²) in [4.78, 5) is 15.2. The third-order valence-corrected chi connectivity index (χ3v) is 5.35. The number of nitrogens with zero attached hydrogens (tertiary/aromatic N) is 1. The van der Waals surface area contributed by atoms with Gasteiger partial charge in [0.25, 0.3) is 0 Å². The van der Waals surface area contributed by atoms with Crippen molar-refractivity contribution in [1.29, 1.82) is 0 Å². The summed E-state index contributed by atoms with van der Waals surface area (Å²) >= 11 is 0. The maximum Gasteiger partial charge on any atom is 0.227 e. The summed E-state index contributed by atoms with van der Waals surface area (Å²) in [5.74, 6) is 1.72. The molecule has 0 aromatic heterocycles. The molecule has 1 amide bonds. The maximum atomic E-state index is 13.2. The highest BCUT2D eigenvalue weighted by Gasteiger charge is 2.19. The van der Waals surface area contributed by atoms with Gasteiger partial charge >= 0.3 is 0 Å². The van der Waals surface area contributed by atoms with E-state index in [1.54, 1.807) is 0 Å². The predicted molar refractivity (Wildman–Crippen MR) is 117 cm³/mol. The zero-order chi connectivity index (χ0) is 20.5. The Balaban J connectivity index is 1.88. The van der Waals surface area contributed by atoms with Crippen molar-refractivity contribution in [3.8, 4) is 11.5 Å². The molecule has 1 heterocycles. The molecule has 29 heavy (non-hydrogen) atoms. The van der Waals surface area contributed by atoms with Gasteiger partial charge in [0, 0.05) is 31.1 Å². The highest BCUT2D eigenvalue weighted by atomic mass is 16.5. The second kappa shape index (κ2) is 10.9. The van der Waals surface area contributed by atoms with Gasteiger partial charge in [-0.1, -0.05) is 57.0 Å². The van der Waals surface area contributed by atoms with Gasteiger partial charge < -0.3 is 14.4 Å². The summed E-state index contributed by atoms with van der Waals surface area (Å²) in [6, 6.07) is 14.3. The summed E-state index contributed by atoms with van der Waals surface area (Å²) in [7, 11) is 0. The lowest BCUT2D eigenvalue weighted by atomic mass is 10.0. The molecule has 0 radical (unpaired) electrons. The Morgan fingerprint density at radius 1 is 1.00 bits per heavy atom. The quantitative estimate of drug-likeness (QED) is 0.607. The minimum atomic E-state index is 0.157. The summed E-state index contributed by atoms with van der Waals surface area (Å²) in [5, 5.41) is 0. The number of fused-ring (bicyclic) bond motifs is 2. The topological polar surface area (TPSA) is 38.8 Å². The Morgan fingerprint density at radius 3 is 2.62 bits per heavy atom. The van der Waals surface area contributed by atoms with Gasteiger partial charge in [-0.2, -0.15) is 0 Å². The van der Waals surface area contributed by atoms with E-state index in [4.69, 9.17) is 9.47 Å². The Labute approximate surface area is 174 Å². The van der Waals surface area contributed by atoms with Gasteiger partial charge in [0.1, 0.15) is 11.5 Å². The van der Waals surface area contributed by atoms with Crippen LogP contribution in [0.4, 0.5) is 0 Å². The third kappa shape index (κ3) is 5.99. The second-order valence-electron chi connectivity index (χ2n) is 7.68. The molecule has 0 aliphatic carbocycles. The normalized spacial score (nSPS) is 14.4. The van der Waals surface area contributed by atoms with Crippen molar-refractivity contribution in [2.24, 2.45) is 0 Å². The average molecular weight is 396 g/mol. The van der Waals surface area contributed by atoms with E-state index in [-0.39, 0.29) is 5.91 Å². The van der Waals surface area contributed by atoms with Crippen LogP contribution in [0.5, 0.6) is 11.5 Å². The number of carbonyl (C=O) groups excluding carboxylic acids is 1. The largest absolute Gasteiger partial charge is 0.493 e. The molecule has 2 aromatic rings. The van der Waals surface area contributed by atoms with Crippen molar-refractivity contribution >= 4 is 5.91 Å². The molecule has 0 bridgehead atoms. The number of hydrogen-bond acceptors (Lipinski definition) is 3. The minimum Gasteiger partial charge on any atom is -0.493 e. The zero-order valence-corrected chi connectivity index (χ0v) is 17.8. The first-order chi connectivity index (χ1) is 14.2. The first-order valence-corrected chi connectivity index (χ1v) is 10.9. The van der Waals surface area contributed by atoms with Crippen LogP contribution in [0.1, 0.15) is 56.2 Å².